The van der Waals surface area contributed by atoms with Crippen molar-refractivity contribution in [3.05, 3.63) is 73.7 Å². The minimum atomic E-state index is -0.740. The van der Waals surface area contributed by atoms with E-state index >= 15 is 0 Å². The summed E-state index contributed by atoms with van der Waals surface area (Å²) in [4.78, 5) is 26.5. The number of imidazole rings is 1. The molecule has 0 saturated heterocycles. The third-order valence-electron chi connectivity index (χ3n) is 3.28. The molecule has 7 nitrogen and oxygen atoms in total. The van der Waals surface area contributed by atoms with Crippen molar-refractivity contribution in [2.24, 2.45) is 0 Å². The SMILES string of the molecule is O=C(NCc1cn(-c2ccc([N+](=O)[O-])cc2F)cn1)c1ccc(Cl)s1. The summed E-state index contributed by atoms with van der Waals surface area (Å²) in [6, 6.07) is 6.60. The van der Waals surface area contributed by atoms with Crippen molar-refractivity contribution in [3.63, 3.8) is 0 Å². The molecule has 1 aromatic carbocycles. The molecule has 0 aliphatic heterocycles. The fourth-order valence-corrected chi connectivity index (χ4v) is 3.06. The molecule has 0 aliphatic rings. The summed E-state index contributed by atoms with van der Waals surface area (Å²) in [6.45, 7) is 0.149. The lowest BCUT2D eigenvalue weighted by atomic mass is 10.2. The average molecular weight is 381 g/mol. The zero-order valence-electron chi connectivity index (χ0n) is 12.5. The molecule has 0 spiro atoms. The lowest BCUT2D eigenvalue weighted by Gasteiger charge is -2.03. The van der Waals surface area contributed by atoms with Gasteiger partial charge in [0.25, 0.3) is 11.6 Å². The number of nitrogens with zero attached hydrogens (tertiary/aromatic N) is 3. The van der Waals surface area contributed by atoms with Crippen molar-refractivity contribution >= 4 is 34.5 Å². The van der Waals surface area contributed by atoms with Crippen molar-refractivity contribution in [2.75, 3.05) is 0 Å². The number of non-ortho nitro benzene ring substituents is 1. The van der Waals surface area contributed by atoms with Gasteiger partial charge in [-0.05, 0) is 18.2 Å². The smallest absolute Gasteiger partial charge is 0.272 e. The van der Waals surface area contributed by atoms with E-state index in [9.17, 15) is 19.3 Å². The highest BCUT2D eigenvalue weighted by Crippen LogP contribution is 2.22. The van der Waals surface area contributed by atoms with Gasteiger partial charge in [0.15, 0.2) is 5.82 Å². The third kappa shape index (κ3) is 3.83. The Balaban J connectivity index is 1.70. The molecule has 25 heavy (non-hydrogen) atoms. The number of nitro benzene ring substituents is 1. The standard InChI is InChI=1S/C15H10ClFN4O3S/c16-14-4-3-13(25-14)15(22)18-6-9-7-20(8-19-9)12-2-1-10(21(23)24)5-11(12)17/h1-5,7-8H,6H2,(H,18,22). The molecule has 1 amide bonds. The highest BCUT2D eigenvalue weighted by molar-refractivity contribution is 7.17. The molecule has 0 aliphatic carbocycles. The quantitative estimate of drug-likeness (QED) is 0.541. The van der Waals surface area contributed by atoms with E-state index in [0.29, 0.717) is 14.9 Å². The van der Waals surface area contributed by atoms with Crippen LogP contribution in [0.25, 0.3) is 5.69 Å². The van der Waals surface area contributed by atoms with Gasteiger partial charge >= 0.3 is 0 Å². The Bertz CT molecular complexity index is 956. The number of hydrogen-bond acceptors (Lipinski definition) is 5. The number of nitrogens with one attached hydrogen (secondary N) is 1. The maximum absolute atomic E-state index is 14.0. The van der Waals surface area contributed by atoms with Gasteiger partial charge in [0.05, 0.1) is 44.5 Å². The van der Waals surface area contributed by atoms with Crippen LogP contribution in [0.3, 0.4) is 0 Å². The van der Waals surface area contributed by atoms with Gasteiger partial charge in [-0.15, -0.1) is 11.3 Å². The van der Waals surface area contributed by atoms with E-state index in [0.717, 1.165) is 17.4 Å². The van der Waals surface area contributed by atoms with Crippen LogP contribution in [0.4, 0.5) is 10.1 Å². The van der Waals surface area contributed by atoms with E-state index in [-0.39, 0.29) is 23.8 Å². The van der Waals surface area contributed by atoms with Crippen LogP contribution >= 0.6 is 22.9 Å². The van der Waals surface area contributed by atoms with Crippen LogP contribution in [0.1, 0.15) is 15.4 Å². The van der Waals surface area contributed by atoms with Crippen LogP contribution < -0.4 is 5.32 Å². The van der Waals surface area contributed by atoms with Crippen molar-refractivity contribution in [3.8, 4) is 5.69 Å². The molecule has 3 aromatic rings. The predicted molar refractivity (Wildman–Crippen MR) is 90.7 cm³/mol. The normalized spacial score (nSPS) is 10.6. The first-order chi connectivity index (χ1) is 11.9. The molecule has 0 bridgehead atoms. The van der Waals surface area contributed by atoms with Crippen LogP contribution in [0.2, 0.25) is 4.34 Å². The van der Waals surface area contributed by atoms with E-state index in [2.05, 4.69) is 10.3 Å². The minimum Gasteiger partial charge on any atom is -0.346 e. The summed E-state index contributed by atoms with van der Waals surface area (Å²) in [5.74, 6) is -1.02. The van der Waals surface area contributed by atoms with Crippen molar-refractivity contribution in [2.45, 2.75) is 6.54 Å². The van der Waals surface area contributed by atoms with Crippen LogP contribution in [0.15, 0.2) is 42.9 Å². The summed E-state index contributed by atoms with van der Waals surface area (Å²) in [7, 11) is 0. The van der Waals surface area contributed by atoms with Crippen LogP contribution in [0.5, 0.6) is 0 Å². The van der Waals surface area contributed by atoms with Gasteiger partial charge in [-0.3, -0.25) is 14.9 Å². The Morgan fingerprint density at radius 3 is 2.84 bits per heavy atom. The van der Waals surface area contributed by atoms with Gasteiger partial charge in [-0.25, -0.2) is 9.37 Å². The lowest BCUT2D eigenvalue weighted by Crippen LogP contribution is -2.21. The monoisotopic (exact) mass is 380 g/mol. The molecule has 0 unspecified atom stereocenters. The number of amides is 1. The third-order valence-corrected chi connectivity index (χ3v) is 4.51. The second-order valence-corrected chi connectivity index (χ2v) is 6.67. The first-order valence-corrected chi connectivity index (χ1v) is 8.14. The van der Waals surface area contributed by atoms with Crippen LogP contribution in [-0.4, -0.2) is 20.4 Å². The number of aromatic nitrogens is 2. The molecule has 3 rings (SSSR count). The van der Waals surface area contributed by atoms with E-state index < -0.39 is 10.7 Å². The molecular weight excluding hydrogens is 371 g/mol. The molecule has 128 valence electrons. The minimum absolute atomic E-state index is 0.126. The van der Waals surface area contributed by atoms with Crippen molar-refractivity contribution < 1.29 is 14.1 Å². The summed E-state index contributed by atoms with van der Waals surface area (Å²) in [5.41, 5.74) is 0.304. The fraction of sp³-hybridized carbons (Fsp3) is 0.0667. The zero-order valence-corrected chi connectivity index (χ0v) is 14.1. The fourth-order valence-electron chi connectivity index (χ4n) is 2.10. The molecule has 2 aromatic heterocycles. The number of thiophene rings is 1. The number of carbonyl (C=O) groups is 1. The summed E-state index contributed by atoms with van der Waals surface area (Å²) in [6.07, 6.45) is 2.90. The Morgan fingerprint density at radius 2 is 2.20 bits per heavy atom. The lowest BCUT2D eigenvalue weighted by molar-refractivity contribution is -0.385. The van der Waals surface area contributed by atoms with Gasteiger partial charge in [0.1, 0.15) is 0 Å². The Hall–Kier alpha value is -2.78. The molecule has 0 atom stereocenters. The largest absolute Gasteiger partial charge is 0.346 e. The van der Waals surface area contributed by atoms with E-state index in [1.54, 1.807) is 12.1 Å². The number of rotatable bonds is 5. The maximum atomic E-state index is 14.0. The number of hydrogen-bond donors (Lipinski definition) is 1. The molecule has 0 saturated carbocycles. The summed E-state index contributed by atoms with van der Waals surface area (Å²) >= 11 is 6.95. The maximum Gasteiger partial charge on any atom is 0.272 e. The van der Waals surface area contributed by atoms with Crippen LogP contribution in [-0.2, 0) is 6.54 Å². The van der Waals surface area contributed by atoms with Crippen molar-refractivity contribution in [1.29, 1.82) is 0 Å². The Labute approximate surface area is 149 Å². The average Bonchev–Trinajstić information content (AvgIpc) is 3.21. The number of carbonyl (C=O) groups excluding carboxylic acids is 1. The topological polar surface area (TPSA) is 90.1 Å². The van der Waals surface area contributed by atoms with Gasteiger partial charge < -0.3 is 9.88 Å². The van der Waals surface area contributed by atoms with Gasteiger partial charge in [0.2, 0.25) is 0 Å². The van der Waals surface area contributed by atoms with Crippen LogP contribution in [0, 0.1) is 15.9 Å². The van der Waals surface area contributed by atoms with E-state index in [4.69, 9.17) is 11.6 Å². The summed E-state index contributed by atoms with van der Waals surface area (Å²) < 4.78 is 15.9. The molecule has 2 heterocycles. The summed E-state index contributed by atoms with van der Waals surface area (Å²) in [5, 5.41) is 13.3. The number of nitro groups is 1. The first-order valence-electron chi connectivity index (χ1n) is 6.95. The second kappa shape index (κ2) is 6.99. The van der Waals surface area contributed by atoms with Gasteiger partial charge in [-0.2, -0.15) is 0 Å². The molecule has 10 heteroatoms. The van der Waals surface area contributed by atoms with Gasteiger partial charge in [-0.1, -0.05) is 11.6 Å². The number of halogens is 2. The zero-order chi connectivity index (χ0) is 18.0. The predicted octanol–water partition coefficient (Wildman–Crippen LogP) is 3.56. The molecular formula is C15H10ClFN4O3S. The van der Waals surface area contributed by atoms with E-state index in [1.807, 2.05) is 0 Å². The Kier molecular flexibility index (Phi) is 4.77. The molecule has 1 N–H and O–H groups in total. The highest BCUT2D eigenvalue weighted by Gasteiger charge is 2.13. The van der Waals surface area contributed by atoms with Gasteiger partial charge in [0, 0.05) is 12.3 Å². The number of benzene rings is 1. The molecule has 0 fully saturated rings. The molecule has 0 radical (unpaired) electrons. The highest BCUT2D eigenvalue weighted by atomic mass is 35.5. The van der Waals surface area contributed by atoms with Crippen molar-refractivity contribution in [1.82, 2.24) is 14.9 Å². The second-order valence-electron chi connectivity index (χ2n) is 4.95. The first kappa shape index (κ1) is 17.1. The Morgan fingerprint density at radius 1 is 1.40 bits per heavy atom. The van der Waals surface area contributed by atoms with E-state index in [1.165, 1.54) is 29.2 Å².